The second-order valence-corrected chi connectivity index (χ2v) is 4.47. The molecule has 0 spiro atoms. The van der Waals surface area contributed by atoms with Crippen LogP contribution in [0.3, 0.4) is 0 Å². The van der Waals surface area contributed by atoms with E-state index in [1.54, 1.807) is 30.7 Å². The van der Waals surface area contributed by atoms with Crippen molar-refractivity contribution in [2.75, 3.05) is 5.32 Å². The molecule has 0 aliphatic rings. The van der Waals surface area contributed by atoms with Gasteiger partial charge in [0.15, 0.2) is 0 Å². The first-order valence-corrected chi connectivity index (χ1v) is 6.44. The summed E-state index contributed by atoms with van der Waals surface area (Å²) in [6.07, 6.45) is 4.10. The van der Waals surface area contributed by atoms with Crippen LogP contribution in [0.1, 0.15) is 25.1 Å². The highest BCUT2D eigenvalue weighted by molar-refractivity contribution is 5.84. The van der Waals surface area contributed by atoms with Gasteiger partial charge in [-0.3, -0.25) is 4.79 Å². The third-order valence-electron chi connectivity index (χ3n) is 2.96. The number of aryl methyl sites for hydroxylation is 1. The fraction of sp³-hybridized carbons (Fsp3) is 0.286. The molecule has 2 rings (SSSR count). The Morgan fingerprint density at radius 1 is 1.50 bits per heavy atom. The van der Waals surface area contributed by atoms with Crippen LogP contribution in [0, 0.1) is 5.82 Å². The summed E-state index contributed by atoms with van der Waals surface area (Å²) >= 11 is 0. The third kappa shape index (κ3) is 2.96. The number of carbonyl (C=O) groups is 1. The lowest BCUT2D eigenvalue weighted by Crippen LogP contribution is -2.30. The molecule has 2 aromatic rings. The SMILES string of the molecule is CCCn1cncc1C(Nc1ccccc1F)C(N)=O. The molecule has 1 heterocycles. The van der Waals surface area contributed by atoms with Crippen molar-refractivity contribution in [3.05, 3.63) is 48.3 Å². The van der Waals surface area contributed by atoms with E-state index >= 15 is 0 Å². The predicted molar refractivity (Wildman–Crippen MR) is 74.5 cm³/mol. The van der Waals surface area contributed by atoms with E-state index in [4.69, 9.17) is 5.73 Å². The smallest absolute Gasteiger partial charge is 0.246 e. The van der Waals surface area contributed by atoms with E-state index in [0.29, 0.717) is 5.69 Å². The molecule has 3 N–H and O–H groups in total. The highest BCUT2D eigenvalue weighted by atomic mass is 19.1. The van der Waals surface area contributed by atoms with Gasteiger partial charge in [-0.15, -0.1) is 0 Å². The Balaban J connectivity index is 2.30. The number of nitrogens with zero attached hydrogens (tertiary/aromatic N) is 2. The number of primary amides is 1. The van der Waals surface area contributed by atoms with Gasteiger partial charge in [-0.2, -0.15) is 0 Å². The molecule has 0 saturated carbocycles. The summed E-state index contributed by atoms with van der Waals surface area (Å²) in [6, 6.07) is 5.34. The van der Waals surface area contributed by atoms with E-state index < -0.39 is 17.8 Å². The molecule has 1 aromatic heterocycles. The van der Waals surface area contributed by atoms with Crippen molar-refractivity contribution in [3.63, 3.8) is 0 Å². The molecule has 1 aromatic carbocycles. The molecular formula is C14H17FN4O. The summed E-state index contributed by atoms with van der Waals surface area (Å²) in [5.41, 5.74) is 6.29. The highest BCUT2D eigenvalue weighted by Gasteiger charge is 2.22. The quantitative estimate of drug-likeness (QED) is 0.848. The van der Waals surface area contributed by atoms with E-state index in [1.807, 2.05) is 11.5 Å². The van der Waals surface area contributed by atoms with Gasteiger partial charge in [0.05, 0.1) is 23.9 Å². The Hall–Kier alpha value is -2.37. The number of nitrogens with one attached hydrogen (secondary N) is 1. The van der Waals surface area contributed by atoms with Crippen molar-refractivity contribution >= 4 is 11.6 Å². The van der Waals surface area contributed by atoms with E-state index in [2.05, 4.69) is 10.3 Å². The summed E-state index contributed by atoms with van der Waals surface area (Å²) in [4.78, 5) is 15.7. The molecule has 0 bridgehead atoms. The zero-order valence-electron chi connectivity index (χ0n) is 11.2. The van der Waals surface area contributed by atoms with Crippen LogP contribution in [0.25, 0.3) is 0 Å². The average Bonchev–Trinajstić information content (AvgIpc) is 2.86. The molecule has 1 atom stereocenters. The number of amides is 1. The molecule has 0 aliphatic carbocycles. The van der Waals surface area contributed by atoms with Gasteiger partial charge in [0.1, 0.15) is 11.9 Å². The largest absolute Gasteiger partial charge is 0.368 e. The zero-order chi connectivity index (χ0) is 14.5. The lowest BCUT2D eigenvalue weighted by molar-refractivity contribution is -0.119. The third-order valence-corrected chi connectivity index (χ3v) is 2.96. The molecule has 106 valence electrons. The van der Waals surface area contributed by atoms with Crippen LogP contribution in [-0.2, 0) is 11.3 Å². The summed E-state index contributed by atoms with van der Waals surface area (Å²) in [6.45, 7) is 2.74. The number of hydrogen-bond donors (Lipinski definition) is 2. The monoisotopic (exact) mass is 276 g/mol. The van der Waals surface area contributed by atoms with Crippen molar-refractivity contribution < 1.29 is 9.18 Å². The van der Waals surface area contributed by atoms with Crippen LogP contribution in [-0.4, -0.2) is 15.5 Å². The Morgan fingerprint density at radius 2 is 2.25 bits per heavy atom. The van der Waals surface area contributed by atoms with Crippen LogP contribution in [0.4, 0.5) is 10.1 Å². The fourth-order valence-electron chi connectivity index (χ4n) is 2.02. The van der Waals surface area contributed by atoms with E-state index in [9.17, 15) is 9.18 Å². The topological polar surface area (TPSA) is 72.9 Å². The average molecular weight is 276 g/mol. The number of halogens is 1. The number of aromatic nitrogens is 2. The van der Waals surface area contributed by atoms with Crippen molar-refractivity contribution in [1.29, 1.82) is 0 Å². The number of para-hydroxylation sites is 1. The van der Waals surface area contributed by atoms with Crippen LogP contribution in [0.5, 0.6) is 0 Å². The maximum Gasteiger partial charge on any atom is 0.246 e. The number of hydrogen-bond acceptors (Lipinski definition) is 3. The first-order chi connectivity index (χ1) is 9.63. The minimum atomic E-state index is -0.819. The Kier molecular flexibility index (Phi) is 4.34. The van der Waals surface area contributed by atoms with Crippen molar-refractivity contribution in [3.8, 4) is 0 Å². The van der Waals surface area contributed by atoms with Crippen LogP contribution in [0.15, 0.2) is 36.8 Å². The van der Waals surface area contributed by atoms with Gasteiger partial charge in [0.2, 0.25) is 5.91 Å². The zero-order valence-corrected chi connectivity index (χ0v) is 11.2. The molecule has 0 saturated heterocycles. The first kappa shape index (κ1) is 14.0. The van der Waals surface area contributed by atoms with Crippen LogP contribution in [0.2, 0.25) is 0 Å². The molecular weight excluding hydrogens is 259 g/mol. The molecule has 0 radical (unpaired) electrons. The lowest BCUT2D eigenvalue weighted by atomic mass is 10.1. The molecule has 5 nitrogen and oxygen atoms in total. The minimum Gasteiger partial charge on any atom is -0.368 e. The molecule has 6 heteroatoms. The molecule has 1 amide bonds. The van der Waals surface area contributed by atoms with Gasteiger partial charge in [-0.25, -0.2) is 9.37 Å². The van der Waals surface area contributed by atoms with Gasteiger partial charge >= 0.3 is 0 Å². The first-order valence-electron chi connectivity index (χ1n) is 6.44. The number of benzene rings is 1. The van der Waals surface area contributed by atoms with E-state index in [1.165, 1.54) is 6.07 Å². The van der Waals surface area contributed by atoms with Gasteiger partial charge in [-0.1, -0.05) is 19.1 Å². The summed E-state index contributed by atoms with van der Waals surface area (Å²) in [5.74, 6) is -1.01. The molecule has 20 heavy (non-hydrogen) atoms. The number of imidazole rings is 1. The van der Waals surface area contributed by atoms with Crippen molar-refractivity contribution in [1.82, 2.24) is 9.55 Å². The maximum absolute atomic E-state index is 13.7. The number of carbonyl (C=O) groups excluding carboxylic acids is 1. The standard InChI is InChI=1S/C14H17FN4O/c1-2-7-19-9-17-8-12(19)13(14(16)20)18-11-6-4-3-5-10(11)15/h3-6,8-9,13,18H,2,7H2,1H3,(H2,16,20). The van der Waals surface area contributed by atoms with Gasteiger partial charge in [-0.05, 0) is 18.6 Å². The molecule has 0 aliphatic heterocycles. The Morgan fingerprint density at radius 3 is 2.90 bits per heavy atom. The highest BCUT2D eigenvalue weighted by Crippen LogP contribution is 2.21. The fourth-order valence-corrected chi connectivity index (χ4v) is 2.02. The minimum absolute atomic E-state index is 0.237. The maximum atomic E-state index is 13.7. The summed E-state index contributed by atoms with van der Waals surface area (Å²) in [7, 11) is 0. The lowest BCUT2D eigenvalue weighted by Gasteiger charge is -2.18. The van der Waals surface area contributed by atoms with E-state index in [-0.39, 0.29) is 5.69 Å². The van der Waals surface area contributed by atoms with Crippen molar-refractivity contribution in [2.45, 2.75) is 25.9 Å². The molecule has 1 unspecified atom stereocenters. The number of rotatable bonds is 6. The van der Waals surface area contributed by atoms with E-state index in [0.717, 1.165) is 13.0 Å². The normalized spacial score (nSPS) is 12.1. The van der Waals surface area contributed by atoms with Crippen molar-refractivity contribution in [2.24, 2.45) is 5.73 Å². The number of nitrogens with two attached hydrogens (primary N) is 1. The number of anilines is 1. The van der Waals surface area contributed by atoms with Gasteiger partial charge in [0, 0.05) is 6.54 Å². The van der Waals surface area contributed by atoms with Gasteiger partial charge < -0.3 is 15.6 Å². The Labute approximate surface area is 116 Å². The molecule has 0 fully saturated rings. The van der Waals surface area contributed by atoms with Crippen LogP contribution < -0.4 is 11.1 Å². The summed E-state index contributed by atoms with van der Waals surface area (Å²) < 4.78 is 15.5. The summed E-state index contributed by atoms with van der Waals surface area (Å²) in [5, 5.41) is 2.84. The van der Waals surface area contributed by atoms with Crippen LogP contribution >= 0.6 is 0 Å². The predicted octanol–water partition coefficient (Wildman–Crippen LogP) is 2.07. The second kappa shape index (κ2) is 6.18. The Bertz CT molecular complexity index is 596. The van der Waals surface area contributed by atoms with Gasteiger partial charge in [0.25, 0.3) is 0 Å². The second-order valence-electron chi connectivity index (χ2n) is 4.47.